The van der Waals surface area contributed by atoms with Gasteiger partial charge < -0.3 is 11.1 Å². The Labute approximate surface area is 130 Å². The van der Waals surface area contributed by atoms with Gasteiger partial charge in [-0.05, 0) is 53.9 Å². The molecule has 3 N–H and O–H groups in total. The van der Waals surface area contributed by atoms with E-state index in [2.05, 4.69) is 28.5 Å². The fourth-order valence-electron chi connectivity index (χ4n) is 3.39. The van der Waals surface area contributed by atoms with Crippen LogP contribution in [0.5, 0.6) is 0 Å². The Hall–Kier alpha value is -1.62. The number of aromatic nitrogens is 2. The monoisotopic (exact) mass is 302 g/mol. The fourth-order valence-corrected chi connectivity index (χ4v) is 4.19. The van der Waals surface area contributed by atoms with Crippen molar-refractivity contribution in [2.75, 3.05) is 11.1 Å². The summed E-state index contributed by atoms with van der Waals surface area (Å²) >= 11 is 1.46. The third-order valence-electron chi connectivity index (χ3n) is 4.76. The van der Waals surface area contributed by atoms with E-state index >= 15 is 0 Å². The number of hydrogen-bond donors (Lipinski definition) is 2. The van der Waals surface area contributed by atoms with Gasteiger partial charge in [-0.15, -0.1) is 0 Å². The van der Waals surface area contributed by atoms with Crippen LogP contribution in [0.2, 0.25) is 0 Å². The molecular weight excluding hydrogens is 280 g/mol. The van der Waals surface area contributed by atoms with Crippen molar-refractivity contribution in [1.29, 1.82) is 0 Å². The highest BCUT2D eigenvalue weighted by Crippen LogP contribution is 2.41. The van der Waals surface area contributed by atoms with Crippen LogP contribution in [0.15, 0.2) is 24.5 Å². The SMILES string of the molecule is CCC1CCC(Nc2snc(N)c2-c2ccncc2)C1C. The minimum atomic E-state index is 0.524. The number of nitrogens with one attached hydrogen (secondary N) is 1. The summed E-state index contributed by atoms with van der Waals surface area (Å²) in [4.78, 5) is 4.07. The van der Waals surface area contributed by atoms with Crippen molar-refractivity contribution in [3.05, 3.63) is 24.5 Å². The molecule has 0 aliphatic heterocycles. The molecule has 112 valence electrons. The zero-order chi connectivity index (χ0) is 14.8. The zero-order valence-electron chi connectivity index (χ0n) is 12.5. The second-order valence-electron chi connectivity index (χ2n) is 5.86. The second-order valence-corrected chi connectivity index (χ2v) is 6.64. The summed E-state index contributed by atoms with van der Waals surface area (Å²) in [6, 6.07) is 4.49. The molecule has 1 aliphatic rings. The molecule has 0 saturated heterocycles. The van der Waals surface area contributed by atoms with Crippen molar-refractivity contribution >= 4 is 22.4 Å². The van der Waals surface area contributed by atoms with E-state index < -0.39 is 0 Å². The standard InChI is InChI=1S/C16H22N4S/c1-3-11-4-5-13(10(11)2)19-16-14(15(17)20-21-16)12-6-8-18-9-7-12/h6-11,13,19H,3-5H2,1-2H3,(H2,17,20). The largest absolute Gasteiger partial charge is 0.382 e. The summed E-state index contributed by atoms with van der Waals surface area (Å²) in [5, 5.41) is 4.79. The first kappa shape index (κ1) is 14.3. The molecule has 0 radical (unpaired) electrons. The van der Waals surface area contributed by atoms with Crippen molar-refractivity contribution in [3.8, 4) is 11.1 Å². The maximum atomic E-state index is 6.07. The number of rotatable bonds is 4. The smallest absolute Gasteiger partial charge is 0.147 e. The summed E-state index contributed by atoms with van der Waals surface area (Å²) < 4.78 is 4.34. The number of pyridine rings is 1. The number of nitrogens with zero attached hydrogens (tertiary/aromatic N) is 2. The molecule has 3 unspecified atom stereocenters. The van der Waals surface area contributed by atoms with Crippen molar-refractivity contribution in [2.45, 2.75) is 39.2 Å². The van der Waals surface area contributed by atoms with Crippen LogP contribution in [-0.4, -0.2) is 15.4 Å². The lowest BCUT2D eigenvalue weighted by atomic mass is 9.93. The van der Waals surface area contributed by atoms with E-state index in [0.29, 0.717) is 17.8 Å². The van der Waals surface area contributed by atoms with Crippen molar-refractivity contribution in [1.82, 2.24) is 9.36 Å². The molecule has 3 atom stereocenters. The number of anilines is 2. The van der Waals surface area contributed by atoms with Crippen molar-refractivity contribution in [2.24, 2.45) is 11.8 Å². The Morgan fingerprint density at radius 3 is 2.76 bits per heavy atom. The molecule has 0 aromatic carbocycles. The quantitative estimate of drug-likeness (QED) is 0.895. The molecular formula is C16H22N4S. The summed E-state index contributed by atoms with van der Waals surface area (Å²) in [6.45, 7) is 4.64. The van der Waals surface area contributed by atoms with E-state index in [1.165, 1.54) is 30.8 Å². The third-order valence-corrected chi connectivity index (χ3v) is 5.55. The number of hydrogen-bond acceptors (Lipinski definition) is 5. The van der Waals surface area contributed by atoms with Gasteiger partial charge in [-0.3, -0.25) is 4.98 Å². The van der Waals surface area contributed by atoms with E-state index in [1.807, 2.05) is 12.1 Å². The molecule has 2 aromatic heterocycles. The lowest BCUT2D eigenvalue weighted by Crippen LogP contribution is -2.24. The number of nitrogens with two attached hydrogens (primary N) is 1. The highest BCUT2D eigenvalue weighted by Gasteiger charge is 2.32. The van der Waals surface area contributed by atoms with Crippen LogP contribution in [0.4, 0.5) is 10.8 Å². The lowest BCUT2D eigenvalue weighted by molar-refractivity contribution is 0.392. The Kier molecular flexibility index (Phi) is 4.10. The molecule has 1 aliphatic carbocycles. The highest BCUT2D eigenvalue weighted by atomic mass is 32.1. The van der Waals surface area contributed by atoms with Crippen molar-refractivity contribution < 1.29 is 0 Å². The lowest BCUT2D eigenvalue weighted by Gasteiger charge is -2.21. The molecule has 1 fully saturated rings. The van der Waals surface area contributed by atoms with Gasteiger partial charge in [0.25, 0.3) is 0 Å². The van der Waals surface area contributed by atoms with Gasteiger partial charge in [-0.25, -0.2) is 0 Å². The third kappa shape index (κ3) is 2.75. The van der Waals surface area contributed by atoms with E-state index in [-0.39, 0.29) is 0 Å². The first-order valence-corrected chi connectivity index (χ1v) is 8.40. The maximum absolute atomic E-state index is 6.07. The number of nitrogen functional groups attached to an aromatic ring is 1. The molecule has 4 nitrogen and oxygen atoms in total. The summed E-state index contributed by atoms with van der Waals surface area (Å²) in [7, 11) is 0. The van der Waals surface area contributed by atoms with Gasteiger partial charge in [0.2, 0.25) is 0 Å². The van der Waals surface area contributed by atoms with Gasteiger partial charge in [0.05, 0.1) is 5.56 Å². The summed E-state index contributed by atoms with van der Waals surface area (Å²) in [5.74, 6) is 2.13. The van der Waals surface area contributed by atoms with Crippen LogP contribution in [0.1, 0.15) is 33.1 Å². The molecule has 0 spiro atoms. The van der Waals surface area contributed by atoms with Crippen LogP contribution >= 0.6 is 11.5 Å². The van der Waals surface area contributed by atoms with E-state index in [0.717, 1.165) is 22.0 Å². The molecule has 0 amide bonds. The Balaban J connectivity index is 1.85. The molecule has 5 heteroatoms. The maximum Gasteiger partial charge on any atom is 0.147 e. The van der Waals surface area contributed by atoms with Crippen LogP contribution < -0.4 is 11.1 Å². The van der Waals surface area contributed by atoms with Crippen LogP contribution in [0.25, 0.3) is 11.1 Å². The first-order valence-electron chi connectivity index (χ1n) is 7.62. The summed E-state index contributed by atoms with van der Waals surface area (Å²) in [6.07, 6.45) is 7.39. The van der Waals surface area contributed by atoms with E-state index in [9.17, 15) is 0 Å². The van der Waals surface area contributed by atoms with Crippen LogP contribution in [-0.2, 0) is 0 Å². The Bertz CT molecular complexity index is 596. The zero-order valence-corrected chi connectivity index (χ0v) is 13.4. The molecule has 1 saturated carbocycles. The first-order chi connectivity index (χ1) is 10.2. The van der Waals surface area contributed by atoms with E-state index in [4.69, 9.17) is 5.73 Å². The van der Waals surface area contributed by atoms with Crippen LogP contribution in [0, 0.1) is 11.8 Å². The predicted molar refractivity (Wildman–Crippen MR) is 89.3 cm³/mol. The van der Waals surface area contributed by atoms with Gasteiger partial charge in [-0.2, -0.15) is 4.37 Å². The predicted octanol–water partition coefficient (Wildman–Crippen LogP) is 4.02. The van der Waals surface area contributed by atoms with Gasteiger partial charge >= 0.3 is 0 Å². The molecule has 2 heterocycles. The molecule has 3 rings (SSSR count). The Morgan fingerprint density at radius 1 is 1.33 bits per heavy atom. The summed E-state index contributed by atoms with van der Waals surface area (Å²) in [5.41, 5.74) is 8.18. The highest BCUT2D eigenvalue weighted by molar-refractivity contribution is 7.11. The fraction of sp³-hybridized carbons (Fsp3) is 0.500. The van der Waals surface area contributed by atoms with Crippen LogP contribution in [0.3, 0.4) is 0 Å². The average Bonchev–Trinajstić information content (AvgIpc) is 3.04. The molecule has 2 aromatic rings. The minimum Gasteiger partial charge on any atom is -0.382 e. The topological polar surface area (TPSA) is 63.8 Å². The Morgan fingerprint density at radius 2 is 2.10 bits per heavy atom. The van der Waals surface area contributed by atoms with E-state index in [1.54, 1.807) is 12.4 Å². The van der Waals surface area contributed by atoms with Gasteiger partial charge in [0.1, 0.15) is 10.8 Å². The molecule has 0 bridgehead atoms. The van der Waals surface area contributed by atoms with Gasteiger partial charge in [0, 0.05) is 18.4 Å². The minimum absolute atomic E-state index is 0.524. The van der Waals surface area contributed by atoms with Crippen molar-refractivity contribution in [3.63, 3.8) is 0 Å². The molecule has 21 heavy (non-hydrogen) atoms. The second kappa shape index (κ2) is 6.02. The average molecular weight is 302 g/mol. The normalized spacial score (nSPS) is 25.1. The van der Waals surface area contributed by atoms with Gasteiger partial charge in [0.15, 0.2) is 0 Å². The van der Waals surface area contributed by atoms with Gasteiger partial charge in [-0.1, -0.05) is 20.3 Å².